The zero-order valence-electron chi connectivity index (χ0n) is 7.79. The second-order valence-electron chi connectivity index (χ2n) is 2.06. The number of nitrogens with zero attached hydrogens (tertiary/aromatic N) is 2. The molecule has 0 heterocycles. The van der Waals surface area contributed by atoms with Crippen LogP contribution < -0.4 is 0 Å². The molecule has 15 heavy (non-hydrogen) atoms. The normalized spacial score (nSPS) is 7.20. The van der Waals surface area contributed by atoms with E-state index in [1.165, 1.54) is 17.7 Å². The molecule has 0 atom stereocenters. The highest BCUT2D eigenvalue weighted by Crippen LogP contribution is 1.97. The van der Waals surface area contributed by atoms with Gasteiger partial charge in [0.15, 0.2) is 0 Å². The van der Waals surface area contributed by atoms with E-state index in [9.17, 15) is 9.59 Å². The summed E-state index contributed by atoms with van der Waals surface area (Å²) in [6, 6.07) is 10.0. The van der Waals surface area contributed by atoms with E-state index in [0.717, 1.165) is 0 Å². The SMILES string of the molecule is C=Cc1ccccc1.O=C=NSN=C=O. The van der Waals surface area contributed by atoms with E-state index in [0.29, 0.717) is 12.1 Å². The summed E-state index contributed by atoms with van der Waals surface area (Å²) < 4.78 is 5.69. The molecule has 0 N–H and O–H groups in total. The lowest BCUT2D eigenvalue weighted by molar-refractivity contribution is 0.566. The predicted octanol–water partition coefficient (Wildman–Crippen LogP) is 2.55. The summed E-state index contributed by atoms with van der Waals surface area (Å²) in [6.07, 6.45) is 4.17. The second-order valence-corrected chi connectivity index (χ2v) is 2.59. The molecular formula is C10H8N2O2S. The predicted molar refractivity (Wildman–Crippen MR) is 60.4 cm³/mol. The molecule has 0 aromatic heterocycles. The zero-order chi connectivity index (χ0) is 11.4. The molecule has 0 bridgehead atoms. The maximum absolute atomic E-state index is 9.18. The molecule has 0 aliphatic heterocycles. The molecule has 0 aliphatic carbocycles. The van der Waals surface area contributed by atoms with Gasteiger partial charge in [-0.3, -0.25) is 0 Å². The molecule has 0 saturated heterocycles. The molecule has 0 amide bonds. The van der Waals surface area contributed by atoms with Gasteiger partial charge >= 0.3 is 0 Å². The van der Waals surface area contributed by atoms with Crippen molar-refractivity contribution in [3.63, 3.8) is 0 Å². The quantitative estimate of drug-likeness (QED) is 0.447. The fourth-order valence-corrected chi connectivity index (χ4v) is 0.750. The minimum Gasteiger partial charge on any atom is -0.210 e. The maximum Gasteiger partial charge on any atom is 0.249 e. The van der Waals surface area contributed by atoms with Crippen molar-refractivity contribution in [1.82, 2.24) is 0 Å². The molecule has 0 radical (unpaired) electrons. The van der Waals surface area contributed by atoms with E-state index in [1.807, 2.05) is 36.4 Å². The summed E-state index contributed by atoms with van der Waals surface area (Å²) in [5, 5.41) is 0. The molecule has 1 aromatic carbocycles. The van der Waals surface area contributed by atoms with Crippen molar-refractivity contribution in [2.75, 3.05) is 0 Å². The van der Waals surface area contributed by atoms with Crippen molar-refractivity contribution in [2.45, 2.75) is 0 Å². The summed E-state index contributed by atoms with van der Waals surface area (Å²) >= 11 is 0.456. The molecule has 0 aliphatic rings. The molecular weight excluding hydrogens is 212 g/mol. The van der Waals surface area contributed by atoms with Crippen LogP contribution in [0.4, 0.5) is 0 Å². The van der Waals surface area contributed by atoms with Crippen LogP contribution in [0.3, 0.4) is 0 Å². The van der Waals surface area contributed by atoms with E-state index in [4.69, 9.17) is 0 Å². The molecule has 0 unspecified atom stereocenters. The third-order valence-electron chi connectivity index (χ3n) is 1.19. The van der Waals surface area contributed by atoms with Gasteiger partial charge in [-0.2, -0.15) is 0 Å². The fourth-order valence-electron chi connectivity index (χ4n) is 0.643. The Balaban J connectivity index is 0.000000265. The Bertz CT molecular complexity index is 364. The molecule has 0 saturated carbocycles. The Labute approximate surface area is 91.7 Å². The van der Waals surface area contributed by atoms with Crippen LogP contribution in [0.15, 0.2) is 45.7 Å². The maximum atomic E-state index is 9.18. The van der Waals surface area contributed by atoms with Gasteiger partial charge in [-0.25, -0.2) is 9.59 Å². The van der Waals surface area contributed by atoms with Gasteiger partial charge in [-0.05, 0) is 5.56 Å². The van der Waals surface area contributed by atoms with Gasteiger partial charge < -0.3 is 0 Å². The highest BCUT2D eigenvalue weighted by atomic mass is 32.2. The number of benzene rings is 1. The molecule has 0 spiro atoms. The Morgan fingerprint density at radius 3 is 2.00 bits per heavy atom. The first-order chi connectivity index (χ1) is 7.35. The lowest BCUT2D eigenvalue weighted by Crippen LogP contribution is -1.63. The Kier molecular flexibility index (Phi) is 8.85. The van der Waals surface area contributed by atoms with Gasteiger partial charge in [0.1, 0.15) is 12.1 Å². The standard InChI is InChI=1S/C8H8.C2N2O2S/c1-2-8-6-4-3-5-7-8;5-1-3-7-4-2-6/h2-7H,1H2;. The van der Waals surface area contributed by atoms with Crippen LogP contribution in [0.1, 0.15) is 5.56 Å². The third-order valence-corrected chi connectivity index (χ3v) is 1.50. The van der Waals surface area contributed by atoms with Crippen LogP contribution in [0.2, 0.25) is 0 Å². The molecule has 0 fully saturated rings. The minimum absolute atomic E-state index is 0.456. The number of hydrogen-bond acceptors (Lipinski definition) is 5. The van der Waals surface area contributed by atoms with Crippen LogP contribution >= 0.6 is 12.1 Å². The van der Waals surface area contributed by atoms with Crippen molar-refractivity contribution < 1.29 is 9.59 Å². The van der Waals surface area contributed by atoms with E-state index >= 15 is 0 Å². The average molecular weight is 220 g/mol. The number of rotatable bonds is 3. The lowest BCUT2D eigenvalue weighted by Gasteiger charge is -1.85. The van der Waals surface area contributed by atoms with Gasteiger partial charge in [0.25, 0.3) is 0 Å². The topological polar surface area (TPSA) is 58.9 Å². The van der Waals surface area contributed by atoms with Crippen LogP contribution in [0.25, 0.3) is 6.08 Å². The molecule has 4 nitrogen and oxygen atoms in total. The zero-order valence-corrected chi connectivity index (χ0v) is 8.61. The first-order valence-electron chi connectivity index (χ1n) is 3.83. The van der Waals surface area contributed by atoms with E-state index < -0.39 is 0 Å². The van der Waals surface area contributed by atoms with E-state index in [-0.39, 0.29) is 0 Å². The van der Waals surface area contributed by atoms with Crippen molar-refractivity contribution in [1.29, 1.82) is 0 Å². The van der Waals surface area contributed by atoms with Gasteiger partial charge in [0.2, 0.25) is 12.2 Å². The second kappa shape index (κ2) is 10.2. The largest absolute Gasteiger partial charge is 0.249 e. The van der Waals surface area contributed by atoms with Crippen LogP contribution in [-0.2, 0) is 9.59 Å². The van der Waals surface area contributed by atoms with Crippen LogP contribution in [0.5, 0.6) is 0 Å². The van der Waals surface area contributed by atoms with Crippen LogP contribution in [-0.4, -0.2) is 12.2 Å². The van der Waals surface area contributed by atoms with Crippen molar-refractivity contribution in [3.8, 4) is 0 Å². The monoisotopic (exact) mass is 220 g/mol. The average Bonchev–Trinajstić information content (AvgIpc) is 2.32. The van der Waals surface area contributed by atoms with E-state index in [2.05, 4.69) is 15.4 Å². The lowest BCUT2D eigenvalue weighted by atomic mass is 10.2. The fraction of sp³-hybridized carbons (Fsp3) is 0. The highest BCUT2D eigenvalue weighted by molar-refractivity contribution is 7.96. The van der Waals surface area contributed by atoms with Crippen molar-refractivity contribution in [2.24, 2.45) is 8.80 Å². The number of carbonyl (C=O) groups excluding carboxylic acids is 2. The first kappa shape index (κ1) is 13.1. The van der Waals surface area contributed by atoms with Crippen molar-refractivity contribution in [3.05, 3.63) is 42.5 Å². The van der Waals surface area contributed by atoms with Crippen molar-refractivity contribution >= 4 is 30.4 Å². The van der Waals surface area contributed by atoms with Gasteiger partial charge in [0.05, 0.1) is 0 Å². The van der Waals surface area contributed by atoms with E-state index in [1.54, 1.807) is 0 Å². The number of hydrogen-bond donors (Lipinski definition) is 0. The minimum atomic E-state index is 0.456. The van der Waals surface area contributed by atoms with Gasteiger partial charge in [0, 0.05) is 0 Å². The van der Waals surface area contributed by atoms with Gasteiger partial charge in [-0.15, -0.1) is 8.80 Å². The third kappa shape index (κ3) is 8.40. The smallest absolute Gasteiger partial charge is 0.210 e. The number of isocyanates is 2. The molecule has 5 heteroatoms. The molecule has 1 aromatic rings. The summed E-state index contributed by atoms with van der Waals surface area (Å²) in [5.74, 6) is 0. The summed E-state index contributed by atoms with van der Waals surface area (Å²) in [5.41, 5.74) is 1.17. The summed E-state index contributed by atoms with van der Waals surface area (Å²) in [7, 11) is 0. The summed E-state index contributed by atoms with van der Waals surface area (Å²) in [6.45, 7) is 3.63. The van der Waals surface area contributed by atoms with Crippen LogP contribution in [0, 0.1) is 0 Å². The summed E-state index contributed by atoms with van der Waals surface area (Å²) in [4.78, 5) is 18.4. The Morgan fingerprint density at radius 2 is 1.67 bits per heavy atom. The highest BCUT2D eigenvalue weighted by Gasteiger charge is 1.75. The Hall–Kier alpha value is -1.93. The van der Waals surface area contributed by atoms with Gasteiger partial charge in [-0.1, -0.05) is 43.0 Å². The molecule has 1 rings (SSSR count). The molecule has 76 valence electrons. The first-order valence-corrected chi connectivity index (χ1v) is 4.56. The Morgan fingerprint density at radius 1 is 1.13 bits per heavy atom.